The van der Waals surface area contributed by atoms with Gasteiger partial charge in [-0.1, -0.05) is 6.07 Å². The first-order valence-corrected chi connectivity index (χ1v) is 6.23. The summed E-state index contributed by atoms with van der Waals surface area (Å²) in [5, 5.41) is 13.8. The Balaban J connectivity index is 2.61. The molecule has 1 aromatic rings. The number of thiocarbonyl (C=S) groups is 1. The molecule has 0 saturated carbocycles. The maximum atomic E-state index is 11.8. The number of amides is 1. The second-order valence-corrected chi connectivity index (χ2v) is 5.50. The van der Waals surface area contributed by atoms with Crippen molar-refractivity contribution in [2.45, 2.75) is 26.3 Å². The number of benzene rings is 1. The molecule has 0 radical (unpaired) electrons. The summed E-state index contributed by atoms with van der Waals surface area (Å²) in [6.45, 7) is 5.76. The smallest absolute Gasteiger partial charge is 0.270 e. The molecule has 0 atom stereocenters. The van der Waals surface area contributed by atoms with E-state index in [4.69, 9.17) is 12.2 Å². The number of carbonyl (C=O) groups excluding carboxylic acids is 1. The third-order valence-electron chi connectivity index (χ3n) is 2.10. The van der Waals surface area contributed by atoms with Gasteiger partial charge in [-0.3, -0.25) is 25.8 Å². The van der Waals surface area contributed by atoms with Crippen LogP contribution >= 0.6 is 12.2 Å². The first kappa shape index (κ1) is 15.8. The van der Waals surface area contributed by atoms with Gasteiger partial charge in [-0.25, -0.2) is 0 Å². The largest absolute Gasteiger partial charge is 0.357 e. The Labute approximate surface area is 121 Å². The van der Waals surface area contributed by atoms with Crippen molar-refractivity contribution in [1.82, 2.24) is 16.2 Å². The SMILES string of the molecule is CC(C)(C)NC(=S)NNC(=O)c1cccc([N+](=O)[O-])c1. The Morgan fingerprint density at radius 3 is 2.50 bits per heavy atom. The number of nitro benzene ring substituents is 1. The van der Waals surface area contributed by atoms with E-state index in [1.54, 1.807) is 0 Å². The molecule has 0 unspecified atom stereocenters. The van der Waals surface area contributed by atoms with Gasteiger partial charge in [-0.15, -0.1) is 0 Å². The summed E-state index contributed by atoms with van der Waals surface area (Å²) < 4.78 is 0. The third-order valence-corrected chi connectivity index (χ3v) is 2.30. The average molecular weight is 296 g/mol. The number of nitro groups is 1. The lowest BCUT2D eigenvalue weighted by Gasteiger charge is -2.23. The molecule has 1 amide bonds. The zero-order valence-electron chi connectivity index (χ0n) is 11.4. The molecule has 0 fully saturated rings. The Bertz CT molecular complexity index is 540. The van der Waals surface area contributed by atoms with Crippen molar-refractivity contribution >= 4 is 28.9 Å². The van der Waals surface area contributed by atoms with Gasteiger partial charge in [0, 0.05) is 23.2 Å². The Hall–Kier alpha value is -2.22. The van der Waals surface area contributed by atoms with E-state index in [9.17, 15) is 14.9 Å². The van der Waals surface area contributed by atoms with Crippen LogP contribution in [0.15, 0.2) is 24.3 Å². The van der Waals surface area contributed by atoms with Crippen LogP contribution in [0.2, 0.25) is 0 Å². The molecule has 1 aromatic carbocycles. The molecule has 108 valence electrons. The lowest BCUT2D eigenvalue weighted by Crippen LogP contribution is -2.52. The monoisotopic (exact) mass is 296 g/mol. The van der Waals surface area contributed by atoms with Crippen LogP contribution < -0.4 is 16.2 Å². The minimum atomic E-state index is -0.560. The Morgan fingerprint density at radius 2 is 1.95 bits per heavy atom. The van der Waals surface area contributed by atoms with Crippen molar-refractivity contribution < 1.29 is 9.72 Å². The van der Waals surface area contributed by atoms with Gasteiger partial charge in [0.2, 0.25) is 0 Å². The van der Waals surface area contributed by atoms with Crippen LogP contribution in [0.5, 0.6) is 0 Å². The van der Waals surface area contributed by atoms with Gasteiger partial charge in [-0.05, 0) is 39.1 Å². The maximum absolute atomic E-state index is 11.8. The van der Waals surface area contributed by atoms with Crippen LogP contribution in [0.25, 0.3) is 0 Å². The molecule has 0 aromatic heterocycles. The van der Waals surface area contributed by atoms with Crippen molar-refractivity contribution in [3.63, 3.8) is 0 Å². The fourth-order valence-electron chi connectivity index (χ4n) is 1.32. The standard InChI is InChI=1S/C12H16N4O3S/c1-12(2,3)13-11(20)15-14-10(17)8-5-4-6-9(7-8)16(18)19/h4-7H,1-3H3,(H,14,17)(H2,13,15,20). The highest BCUT2D eigenvalue weighted by Gasteiger charge is 2.13. The zero-order chi connectivity index (χ0) is 15.3. The molecular weight excluding hydrogens is 280 g/mol. The first-order chi connectivity index (χ1) is 9.19. The molecule has 8 heteroatoms. The predicted octanol–water partition coefficient (Wildman–Crippen LogP) is 1.50. The van der Waals surface area contributed by atoms with Gasteiger partial charge in [0.1, 0.15) is 0 Å². The van der Waals surface area contributed by atoms with E-state index in [-0.39, 0.29) is 21.9 Å². The van der Waals surface area contributed by atoms with E-state index in [1.165, 1.54) is 24.3 Å². The van der Waals surface area contributed by atoms with Gasteiger partial charge in [0.15, 0.2) is 5.11 Å². The molecule has 0 heterocycles. The quantitative estimate of drug-likeness (QED) is 0.435. The molecular formula is C12H16N4O3S. The molecule has 0 spiro atoms. The number of nitrogens with zero attached hydrogens (tertiary/aromatic N) is 1. The van der Waals surface area contributed by atoms with Gasteiger partial charge < -0.3 is 5.32 Å². The maximum Gasteiger partial charge on any atom is 0.270 e. The van der Waals surface area contributed by atoms with Crippen molar-refractivity contribution in [2.24, 2.45) is 0 Å². The molecule has 7 nitrogen and oxygen atoms in total. The summed E-state index contributed by atoms with van der Waals surface area (Å²) in [7, 11) is 0. The minimum Gasteiger partial charge on any atom is -0.357 e. The third kappa shape index (κ3) is 5.19. The van der Waals surface area contributed by atoms with Crippen LogP contribution in [-0.2, 0) is 0 Å². The summed E-state index contributed by atoms with van der Waals surface area (Å²) in [5.41, 5.74) is 4.70. The van der Waals surface area contributed by atoms with Crippen molar-refractivity contribution in [2.75, 3.05) is 0 Å². The van der Waals surface area contributed by atoms with E-state index in [2.05, 4.69) is 16.2 Å². The summed E-state index contributed by atoms with van der Waals surface area (Å²) >= 11 is 4.99. The van der Waals surface area contributed by atoms with Crippen LogP contribution in [-0.4, -0.2) is 21.5 Å². The van der Waals surface area contributed by atoms with E-state index >= 15 is 0 Å². The number of rotatable bonds is 2. The van der Waals surface area contributed by atoms with E-state index in [1.807, 2.05) is 20.8 Å². The Morgan fingerprint density at radius 1 is 1.30 bits per heavy atom. The summed E-state index contributed by atoms with van der Waals surface area (Å²) in [6.07, 6.45) is 0. The molecule has 1 rings (SSSR count). The van der Waals surface area contributed by atoms with Gasteiger partial charge in [-0.2, -0.15) is 0 Å². The summed E-state index contributed by atoms with van der Waals surface area (Å²) in [6, 6.07) is 5.43. The second kappa shape index (κ2) is 6.29. The summed E-state index contributed by atoms with van der Waals surface area (Å²) in [4.78, 5) is 21.9. The summed E-state index contributed by atoms with van der Waals surface area (Å²) in [5.74, 6) is -0.508. The number of hydrogen-bond donors (Lipinski definition) is 3. The lowest BCUT2D eigenvalue weighted by atomic mass is 10.1. The molecule has 0 bridgehead atoms. The highest BCUT2D eigenvalue weighted by molar-refractivity contribution is 7.80. The van der Waals surface area contributed by atoms with E-state index in [0.717, 1.165) is 0 Å². The van der Waals surface area contributed by atoms with Crippen LogP contribution in [0, 0.1) is 10.1 Å². The highest BCUT2D eigenvalue weighted by atomic mass is 32.1. The van der Waals surface area contributed by atoms with Crippen LogP contribution in [0.3, 0.4) is 0 Å². The molecule has 0 aliphatic rings. The van der Waals surface area contributed by atoms with Gasteiger partial charge >= 0.3 is 0 Å². The van der Waals surface area contributed by atoms with E-state index < -0.39 is 10.8 Å². The van der Waals surface area contributed by atoms with Crippen LogP contribution in [0.1, 0.15) is 31.1 Å². The lowest BCUT2D eigenvalue weighted by molar-refractivity contribution is -0.384. The fraction of sp³-hybridized carbons (Fsp3) is 0.333. The normalized spacial score (nSPS) is 10.6. The molecule has 0 aliphatic heterocycles. The van der Waals surface area contributed by atoms with Crippen LogP contribution in [0.4, 0.5) is 5.69 Å². The number of non-ortho nitro benzene ring substituents is 1. The molecule has 3 N–H and O–H groups in total. The topological polar surface area (TPSA) is 96.3 Å². The second-order valence-electron chi connectivity index (χ2n) is 5.09. The van der Waals surface area contributed by atoms with E-state index in [0.29, 0.717) is 0 Å². The number of carbonyl (C=O) groups is 1. The molecule has 0 saturated heterocycles. The highest BCUT2D eigenvalue weighted by Crippen LogP contribution is 2.12. The van der Waals surface area contributed by atoms with Gasteiger partial charge in [0.25, 0.3) is 11.6 Å². The van der Waals surface area contributed by atoms with Crippen molar-refractivity contribution in [3.05, 3.63) is 39.9 Å². The fourth-order valence-corrected chi connectivity index (χ4v) is 1.68. The van der Waals surface area contributed by atoms with Crippen molar-refractivity contribution in [1.29, 1.82) is 0 Å². The number of hydrogen-bond acceptors (Lipinski definition) is 4. The van der Waals surface area contributed by atoms with Crippen molar-refractivity contribution in [3.8, 4) is 0 Å². The predicted molar refractivity (Wildman–Crippen MR) is 79.2 cm³/mol. The molecule has 20 heavy (non-hydrogen) atoms. The van der Waals surface area contributed by atoms with Gasteiger partial charge in [0.05, 0.1) is 4.92 Å². The first-order valence-electron chi connectivity index (χ1n) is 5.82. The minimum absolute atomic E-state index is 0.145. The molecule has 0 aliphatic carbocycles. The Kier molecular flexibility index (Phi) is 4.98. The number of hydrazine groups is 1. The zero-order valence-corrected chi connectivity index (χ0v) is 12.2. The average Bonchev–Trinajstić information content (AvgIpc) is 2.34. The number of nitrogens with one attached hydrogen (secondary N) is 3.